The van der Waals surface area contributed by atoms with Crippen LogP contribution in [0.25, 0.3) is 0 Å². The van der Waals surface area contributed by atoms with Crippen LogP contribution in [0, 0.1) is 5.92 Å². The van der Waals surface area contributed by atoms with Crippen molar-refractivity contribution in [3.63, 3.8) is 0 Å². The number of nitrogens with one attached hydrogen (secondary N) is 1. The highest BCUT2D eigenvalue weighted by Crippen LogP contribution is 2.20. The summed E-state index contributed by atoms with van der Waals surface area (Å²) in [6.45, 7) is 4.30. The highest BCUT2D eigenvalue weighted by atomic mass is 32.2. The summed E-state index contributed by atoms with van der Waals surface area (Å²) in [4.78, 5) is 0. The van der Waals surface area contributed by atoms with Gasteiger partial charge < -0.3 is 5.73 Å². The second-order valence-electron chi connectivity index (χ2n) is 5.44. The maximum absolute atomic E-state index is 12.2. The predicted molar refractivity (Wildman–Crippen MR) is 76.0 cm³/mol. The lowest BCUT2D eigenvalue weighted by Gasteiger charge is -2.27. The largest absolute Gasteiger partial charge is 0.330 e. The Kier molecular flexibility index (Phi) is 5.78. The van der Waals surface area contributed by atoms with E-state index in [1.807, 2.05) is 13.8 Å². The SMILES string of the molecule is CC(C)C(CCN)NS(=O)(=O)C1CCS(=O)(=O)CC1. The van der Waals surface area contributed by atoms with Gasteiger partial charge in [0.05, 0.1) is 16.8 Å². The van der Waals surface area contributed by atoms with Gasteiger partial charge in [-0.15, -0.1) is 0 Å². The van der Waals surface area contributed by atoms with Crippen molar-refractivity contribution < 1.29 is 16.8 Å². The molecule has 0 saturated carbocycles. The maximum atomic E-state index is 12.2. The molecular weight excluding hydrogens is 288 g/mol. The zero-order valence-electron chi connectivity index (χ0n) is 11.5. The second-order valence-corrected chi connectivity index (χ2v) is 9.74. The average Bonchev–Trinajstić information content (AvgIpc) is 2.27. The Morgan fingerprint density at radius 1 is 1.26 bits per heavy atom. The molecule has 114 valence electrons. The van der Waals surface area contributed by atoms with Crippen LogP contribution in [0.1, 0.15) is 33.1 Å². The van der Waals surface area contributed by atoms with Crippen LogP contribution in [-0.2, 0) is 19.9 Å². The van der Waals surface area contributed by atoms with Crippen molar-refractivity contribution in [1.29, 1.82) is 0 Å². The molecule has 1 unspecified atom stereocenters. The lowest BCUT2D eigenvalue weighted by Crippen LogP contribution is -2.46. The van der Waals surface area contributed by atoms with E-state index in [4.69, 9.17) is 5.73 Å². The Balaban J connectivity index is 2.70. The van der Waals surface area contributed by atoms with Gasteiger partial charge in [-0.1, -0.05) is 13.8 Å². The standard InChI is InChI=1S/C11H24N2O4S2/c1-9(2)11(3-6-12)13-19(16,17)10-4-7-18(14,15)8-5-10/h9-11,13H,3-8,12H2,1-2H3. The fraction of sp³-hybridized carbons (Fsp3) is 1.00. The molecule has 1 saturated heterocycles. The number of nitrogens with two attached hydrogens (primary N) is 1. The number of hydrogen-bond acceptors (Lipinski definition) is 5. The Labute approximate surface area is 116 Å². The summed E-state index contributed by atoms with van der Waals surface area (Å²) in [6, 6.07) is -0.187. The monoisotopic (exact) mass is 312 g/mol. The molecule has 0 amide bonds. The van der Waals surface area contributed by atoms with E-state index in [1.165, 1.54) is 0 Å². The van der Waals surface area contributed by atoms with Crippen LogP contribution >= 0.6 is 0 Å². The number of sulfonamides is 1. The molecule has 0 aromatic rings. The summed E-state index contributed by atoms with van der Waals surface area (Å²) in [5.41, 5.74) is 5.49. The van der Waals surface area contributed by atoms with Gasteiger partial charge in [0.15, 0.2) is 0 Å². The van der Waals surface area contributed by atoms with Crippen molar-refractivity contribution in [1.82, 2.24) is 4.72 Å². The molecule has 6 nitrogen and oxygen atoms in total. The number of rotatable bonds is 6. The lowest BCUT2D eigenvalue weighted by atomic mass is 10.0. The maximum Gasteiger partial charge on any atom is 0.214 e. The van der Waals surface area contributed by atoms with Gasteiger partial charge in [-0.2, -0.15) is 0 Å². The topological polar surface area (TPSA) is 106 Å². The van der Waals surface area contributed by atoms with Crippen LogP contribution < -0.4 is 10.5 Å². The molecule has 0 aromatic heterocycles. The smallest absolute Gasteiger partial charge is 0.214 e. The van der Waals surface area contributed by atoms with Crippen LogP contribution in [0.3, 0.4) is 0 Å². The van der Waals surface area contributed by atoms with E-state index in [-0.39, 0.29) is 36.3 Å². The van der Waals surface area contributed by atoms with Crippen LogP contribution in [0.4, 0.5) is 0 Å². The molecular formula is C11H24N2O4S2. The Hall–Kier alpha value is -0.180. The molecule has 19 heavy (non-hydrogen) atoms. The Bertz CT molecular complexity index is 471. The third kappa shape index (κ3) is 5.02. The molecule has 3 N–H and O–H groups in total. The van der Waals surface area contributed by atoms with Gasteiger partial charge in [-0.25, -0.2) is 21.6 Å². The minimum absolute atomic E-state index is 0.0399. The second kappa shape index (κ2) is 6.51. The van der Waals surface area contributed by atoms with Crippen molar-refractivity contribution in [2.75, 3.05) is 18.1 Å². The van der Waals surface area contributed by atoms with Gasteiger partial charge in [0.1, 0.15) is 9.84 Å². The first-order valence-electron chi connectivity index (χ1n) is 6.59. The highest BCUT2D eigenvalue weighted by Gasteiger charge is 2.34. The van der Waals surface area contributed by atoms with Gasteiger partial charge in [0.2, 0.25) is 10.0 Å². The zero-order valence-corrected chi connectivity index (χ0v) is 13.1. The van der Waals surface area contributed by atoms with Gasteiger partial charge in [-0.05, 0) is 31.7 Å². The summed E-state index contributed by atoms with van der Waals surface area (Å²) in [7, 11) is -6.51. The molecule has 1 aliphatic rings. The molecule has 1 rings (SSSR count). The summed E-state index contributed by atoms with van der Waals surface area (Å²) in [5.74, 6) is 0.0783. The van der Waals surface area contributed by atoms with E-state index >= 15 is 0 Å². The molecule has 0 aromatic carbocycles. The van der Waals surface area contributed by atoms with Crippen molar-refractivity contribution in [2.45, 2.75) is 44.4 Å². The van der Waals surface area contributed by atoms with Crippen molar-refractivity contribution in [3.8, 4) is 0 Å². The summed E-state index contributed by atoms with van der Waals surface area (Å²) in [6.07, 6.45) is 0.956. The Morgan fingerprint density at radius 2 is 1.79 bits per heavy atom. The molecule has 0 aliphatic carbocycles. The van der Waals surface area contributed by atoms with Crippen LogP contribution in [-0.4, -0.2) is 46.2 Å². The average molecular weight is 312 g/mol. The van der Waals surface area contributed by atoms with Gasteiger partial charge in [-0.3, -0.25) is 0 Å². The first-order chi connectivity index (χ1) is 8.68. The van der Waals surface area contributed by atoms with E-state index in [9.17, 15) is 16.8 Å². The normalized spacial score (nSPS) is 22.5. The summed E-state index contributed by atoms with van der Waals surface area (Å²) in [5, 5.41) is -0.602. The van der Waals surface area contributed by atoms with Gasteiger partial charge in [0, 0.05) is 6.04 Å². The minimum atomic E-state index is -3.47. The van der Waals surface area contributed by atoms with Crippen molar-refractivity contribution in [3.05, 3.63) is 0 Å². The van der Waals surface area contributed by atoms with Gasteiger partial charge >= 0.3 is 0 Å². The molecule has 1 heterocycles. The molecule has 0 bridgehead atoms. The minimum Gasteiger partial charge on any atom is -0.330 e. The van der Waals surface area contributed by atoms with Crippen LogP contribution in [0.2, 0.25) is 0 Å². The van der Waals surface area contributed by atoms with E-state index < -0.39 is 25.1 Å². The number of sulfone groups is 1. The van der Waals surface area contributed by atoms with E-state index in [1.54, 1.807) is 0 Å². The quantitative estimate of drug-likeness (QED) is 0.710. The fourth-order valence-electron chi connectivity index (χ4n) is 2.19. The van der Waals surface area contributed by atoms with Crippen LogP contribution in [0.15, 0.2) is 0 Å². The molecule has 0 spiro atoms. The third-order valence-corrected chi connectivity index (χ3v) is 7.23. The third-order valence-electron chi connectivity index (χ3n) is 3.54. The van der Waals surface area contributed by atoms with Crippen LogP contribution in [0.5, 0.6) is 0 Å². The molecule has 1 aliphatic heterocycles. The highest BCUT2D eigenvalue weighted by molar-refractivity contribution is 7.92. The molecule has 1 fully saturated rings. The zero-order chi connectivity index (χ0) is 14.7. The van der Waals surface area contributed by atoms with E-state index in [2.05, 4.69) is 4.72 Å². The number of hydrogen-bond donors (Lipinski definition) is 2. The summed E-state index contributed by atoms with van der Waals surface area (Å²) < 4.78 is 49.8. The van der Waals surface area contributed by atoms with Gasteiger partial charge in [0.25, 0.3) is 0 Å². The first-order valence-corrected chi connectivity index (χ1v) is 9.96. The van der Waals surface area contributed by atoms with E-state index in [0.717, 1.165) is 0 Å². The first kappa shape index (κ1) is 16.9. The molecule has 1 atom stereocenters. The lowest BCUT2D eigenvalue weighted by molar-refractivity contribution is 0.424. The molecule has 0 radical (unpaired) electrons. The van der Waals surface area contributed by atoms with E-state index in [0.29, 0.717) is 13.0 Å². The fourth-order valence-corrected chi connectivity index (χ4v) is 5.84. The molecule has 8 heteroatoms. The van der Waals surface area contributed by atoms with Crippen molar-refractivity contribution in [2.24, 2.45) is 11.7 Å². The Morgan fingerprint density at radius 3 is 2.21 bits per heavy atom. The summed E-state index contributed by atoms with van der Waals surface area (Å²) >= 11 is 0. The van der Waals surface area contributed by atoms with Crippen molar-refractivity contribution >= 4 is 19.9 Å². The predicted octanol–water partition coefficient (Wildman–Crippen LogP) is -0.144.